The van der Waals surface area contributed by atoms with E-state index in [1.807, 2.05) is 26.2 Å². The number of methoxy groups -OCH3 is 1. The van der Waals surface area contributed by atoms with Crippen molar-refractivity contribution in [2.75, 3.05) is 45.7 Å². The predicted molar refractivity (Wildman–Crippen MR) is 114 cm³/mol. The van der Waals surface area contributed by atoms with Crippen molar-refractivity contribution in [2.45, 2.75) is 25.3 Å². The van der Waals surface area contributed by atoms with Crippen LogP contribution < -0.4 is 15.0 Å². The molecule has 1 heterocycles. The number of carbonyl (C=O) groups is 1. The number of likely N-dealkylation sites (tertiary alicyclic amines) is 1. The molecule has 0 aliphatic carbocycles. The van der Waals surface area contributed by atoms with E-state index in [0.717, 1.165) is 18.8 Å². The Morgan fingerprint density at radius 2 is 1.68 bits per heavy atom. The second-order valence-electron chi connectivity index (χ2n) is 7.54. The summed E-state index contributed by atoms with van der Waals surface area (Å²) in [5.41, 5.74) is 3.09. The molecule has 1 aliphatic rings. The Kier molecular flexibility index (Phi) is 6.93. The minimum Gasteiger partial charge on any atom is -0.497 e. The van der Waals surface area contributed by atoms with E-state index in [9.17, 15) is 4.79 Å². The van der Waals surface area contributed by atoms with Crippen molar-refractivity contribution in [1.29, 1.82) is 0 Å². The third-order valence-corrected chi connectivity index (χ3v) is 5.43. The molecule has 0 aromatic heterocycles. The number of benzene rings is 2. The Bertz CT molecular complexity index is 750. The number of piperidine rings is 1. The first-order valence-corrected chi connectivity index (χ1v) is 10.0. The fourth-order valence-electron chi connectivity index (χ4n) is 3.72. The maximum absolute atomic E-state index is 12.6. The van der Waals surface area contributed by atoms with Crippen molar-refractivity contribution >= 4 is 11.6 Å². The van der Waals surface area contributed by atoms with E-state index in [2.05, 4.69) is 39.4 Å². The van der Waals surface area contributed by atoms with E-state index in [1.165, 1.54) is 30.5 Å². The molecular weight excluding hydrogens is 350 g/mol. The van der Waals surface area contributed by atoms with Gasteiger partial charge in [0.25, 0.3) is 5.91 Å². The van der Waals surface area contributed by atoms with Crippen LogP contribution in [0.15, 0.2) is 48.5 Å². The molecule has 0 bridgehead atoms. The summed E-state index contributed by atoms with van der Waals surface area (Å²) in [6.07, 6.45) is 3.73. The van der Waals surface area contributed by atoms with E-state index < -0.39 is 0 Å². The number of carbonyl (C=O) groups excluding carboxylic acids is 1. The topological polar surface area (TPSA) is 44.8 Å². The van der Waals surface area contributed by atoms with Crippen LogP contribution in [-0.4, -0.2) is 51.6 Å². The molecule has 0 radical (unpaired) electrons. The highest BCUT2D eigenvalue weighted by molar-refractivity contribution is 5.94. The van der Waals surface area contributed by atoms with Crippen molar-refractivity contribution in [3.8, 4) is 5.75 Å². The molecule has 5 heteroatoms. The van der Waals surface area contributed by atoms with Crippen LogP contribution in [0.5, 0.6) is 5.75 Å². The summed E-state index contributed by atoms with van der Waals surface area (Å²) in [6.45, 7) is 2.77. The van der Waals surface area contributed by atoms with Crippen molar-refractivity contribution in [3.05, 3.63) is 59.7 Å². The van der Waals surface area contributed by atoms with Gasteiger partial charge in [-0.15, -0.1) is 0 Å². The summed E-state index contributed by atoms with van der Waals surface area (Å²) in [7, 11) is 5.72. The second kappa shape index (κ2) is 9.60. The molecule has 2 aromatic rings. The zero-order valence-electron chi connectivity index (χ0n) is 17.1. The SMILES string of the molecule is COc1ccc(C(=O)NCC(c2ccc(N(C)C)cc2)N2CCCCC2)cc1. The largest absolute Gasteiger partial charge is 0.497 e. The van der Waals surface area contributed by atoms with Crippen LogP contribution in [0.3, 0.4) is 0 Å². The molecule has 150 valence electrons. The molecule has 1 fully saturated rings. The Morgan fingerprint density at radius 1 is 1.04 bits per heavy atom. The molecule has 1 unspecified atom stereocenters. The molecule has 5 nitrogen and oxygen atoms in total. The average Bonchev–Trinajstić information content (AvgIpc) is 2.75. The van der Waals surface area contributed by atoms with Crippen molar-refractivity contribution in [3.63, 3.8) is 0 Å². The zero-order valence-corrected chi connectivity index (χ0v) is 17.1. The Labute approximate surface area is 168 Å². The van der Waals surface area contributed by atoms with Gasteiger partial charge in [-0.25, -0.2) is 0 Å². The van der Waals surface area contributed by atoms with Gasteiger partial charge in [-0.2, -0.15) is 0 Å². The third-order valence-electron chi connectivity index (χ3n) is 5.43. The van der Waals surface area contributed by atoms with Gasteiger partial charge in [-0.3, -0.25) is 9.69 Å². The first-order valence-electron chi connectivity index (χ1n) is 10.0. The quantitative estimate of drug-likeness (QED) is 0.794. The minimum atomic E-state index is -0.0467. The molecule has 1 atom stereocenters. The molecular formula is C23H31N3O2. The summed E-state index contributed by atoms with van der Waals surface area (Å²) in [4.78, 5) is 17.2. The van der Waals surface area contributed by atoms with E-state index in [4.69, 9.17) is 4.74 Å². The van der Waals surface area contributed by atoms with Crippen LogP contribution in [0.4, 0.5) is 5.69 Å². The molecule has 1 aliphatic heterocycles. The average molecular weight is 382 g/mol. The van der Waals surface area contributed by atoms with E-state index >= 15 is 0 Å². The third kappa shape index (κ3) is 5.04. The fourth-order valence-corrected chi connectivity index (χ4v) is 3.72. The van der Waals surface area contributed by atoms with Crippen molar-refractivity contribution in [1.82, 2.24) is 10.2 Å². The molecule has 28 heavy (non-hydrogen) atoms. The van der Waals surface area contributed by atoms with E-state index in [0.29, 0.717) is 12.1 Å². The van der Waals surface area contributed by atoms with Crippen LogP contribution in [-0.2, 0) is 0 Å². The normalized spacial score (nSPS) is 15.7. The lowest BCUT2D eigenvalue weighted by atomic mass is 10.0. The van der Waals surface area contributed by atoms with Crippen molar-refractivity contribution < 1.29 is 9.53 Å². The predicted octanol–water partition coefficient (Wildman–Crippen LogP) is 3.72. The van der Waals surface area contributed by atoms with Crippen LogP contribution in [0, 0.1) is 0 Å². The molecule has 1 amide bonds. The molecule has 0 spiro atoms. The monoisotopic (exact) mass is 381 g/mol. The summed E-state index contributed by atoms with van der Waals surface area (Å²) in [5.74, 6) is 0.707. The molecule has 2 aromatic carbocycles. The molecule has 0 saturated carbocycles. The number of anilines is 1. The van der Waals surface area contributed by atoms with Gasteiger partial charge in [0.1, 0.15) is 5.75 Å². The van der Waals surface area contributed by atoms with Gasteiger partial charge in [0, 0.05) is 31.9 Å². The second-order valence-corrected chi connectivity index (χ2v) is 7.54. The van der Waals surface area contributed by atoms with Gasteiger partial charge in [0.05, 0.1) is 13.2 Å². The Balaban J connectivity index is 1.72. The summed E-state index contributed by atoms with van der Waals surface area (Å²) >= 11 is 0. The number of hydrogen-bond acceptors (Lipinski definition) is 4. The van der Waals surface area contributed by atoms with Gasteiger partial charge < -0.3 is 15.0 Å². The summed E-state index contributed by atoms with van der Waals surface area (Å²) in [5, 5.41) is 3.14. The highest BCUT2D eigenvalue weighted by Gasteiger charge is 2.23. The van der Waals surface area contributed by atoms with Crippen LogP contribution in [0.1, 0.15) is 41.2 Å². The van der Waals surface area contributed by atoms with Gasteiger partial charge >= 0.3 is 0 Å². The van der Waals surface area contributed by atoms with Gasteiger partial charge in [0.2, 0.25) is 0 Å². The number of rotatable bonds is 7. The lowest BCUT2D eigenvalue weighted by Crippen LogP contribution is -2.40. The highest BCUT2D eigenvalue weighted by atomic mass is 16.5. The van der Waals surface area contributed by atoms with E-state index in [-0.39, 0.29) is 11.9 Å². The maximum atomic E-state index is 12.6. The van der Waals surface area contributed by atoms with Crippen LogP contribution in [0.2, 0.25) is 0 Å². The Hall–Kier alpha value is -2.53. The number of amides is 1. The zero-order chi connectivity index (χ0) is 19.9. The number of nitrogens with zero attached hydrogens (tertiary/aromatic N) is 2. The first kappa shape index (κ1) is 20.2. The number of hydrogen-bond donors (Lipinski definition) is 1. The maximum Gasteiger partial charge on any atom is 0.251 e. The van der Waals surface area contributed by atoms with Gasteiger partial charge in [0.15, 0.2) is 0 Å². The number of nitrogens with one attached hydrogen (secondary N) is 1. The molecule has 1 saturated heterocycles. The lowest BCUT2D eigenvalue weighted by molar-refractivity contribution is 0.0924. The minimum absolute atomic E-state index is 0.0467. The lowest BCUT2D eigenvalue weighted by Gasteiger charge is -2.35. The smallest absolute Gasteiger partial charge is 0.251 e. The standard InChI is InChI=1S/C23H31N3O2/c1-25(2)20-11-7-18(8-12-20)22(26-15-5-4-6-16-26)17-24-23(27)19-9-13-21(28-3)14-10-19/h7-14,22H,4-6,15-17H2,1-3H3,(H,24,27). The summed E-state index contributed by atoms with van der Waals surface area (Å²) < 4.78 is 5.17. The molecule has 1 N–H and O–H groups in total. The Morgan fingerprint density at radius 3 is 2.25 bits per heavy atom. The van der Waals surface area contributed by atoms with Gasteiger partial charge in [-0.1, -0.05) is 18.6 Å². The van der Waals surface area contributed by atoms with Gasteiger partial charge in [-0.05, 0) is 67.9 Å². The first-order chi connectivity index (χ1) is 13.6. The fraction of sp³-hybridized carbons (Fsp3) is 0.435. The van der Waals surface area contributed by atoms with Crippen molar-refractivity contribution in [2.24, 2.45) is 0 Å². The number of ether oxygens (including phenoxy) is 1. The van der Waals surface area contributed by atoms with Crippen LogP contribution >= 0.6 is 0 Å². The van der Waals surface area contributed by atoms with E-state index in [1.54, 1.807) is 19.2 Å². The molecule has 3 rings (SSSR count). The van der Waals surface area contributed by atoms with Crippen LogP contribution in [0.25, 0.3) is 0 Å². The highest BCUT2D eigenvalue weighted by Crippen LogP contribution is 2.26. The summed E-state index contributed by atoms with van der Waals surface area (Å²) in [6, 6.07) is 16.1.